The van der Waals surface area contributed by atoms with E-state index < -0.39 is 12.6 Å². The summed E-state index contributed by atoms with van der Waals surface area (Å²) in [6, 6.07) is 5.24. The minimum absolute atomic E-state index is 0.00360. The first-order valence-electron chi connectivity index (χ1n) is 8.99. The van der Waals surface area contributed by atoms with Gasteiger partial charge in [-0.1, -0.05) is 13.3 Å². The van der Waals surface area contributed by atoms with Crippen molar-refractivity contribution in [1.82, 2.24) is 4.90 Å². The Hall–Kier alpha value is -2.24. The molecule has 0 saturated carbocycles. The molecule has 1 unspecified atom stereocenters. The second-order valence-corrected chi connectivity index (χ2v) is 6.21. The topological polar surface area (TPSA) is 76.1 Å². The lowest BCUT2D eigenvalue weighted by molar-refractivity contribution is -0.139. The van der Waals surface area contributed by atoms with Gasteiger partial charge in [-0.2, -0.15) is 0 Å². The number of piperidine rings is 1. The number of carbonyl (C=O) groups excluding carboxylic acids is 1. The van der Waals surface area contributed by atoms with Gasteiger partial charge in [-0.3, -0.25) is 4.79 Å². The average Bonchev–Trinajstić information content (AvgIpc) is 2.61. The molecule has 0 aromatic heterocycles. The van der Waals surface area contributed by atoms with Crippen molar-refractivity contribution >= 4 is 11.9 Å². The zero-order valence-corrected chi connectivity index (χ0v) is 15.0. The monoisotopic (exact) mass is 349 g/mol. The lowest BCUT2D eigenvalue weighted by atomic mass is 9.97. The zero-order valence-electron chi connectivity index (χ0n) is 15.0. The minimum atomic E-state index is -1.06. The van der Waals surface area contributed by atoms with Crippen molar-refractivity contribution in [2.24, 2.45) is 0 Å². The molecular weight excluding hydrogens is 322 g/mol. The summed E-state index contributed by atoms with van der Waals surface area (Å²) >= 11 is 0. The van der Waals surface area contributed by atoms with Crippen molar-refractivity contribution in [3.63, 3.8) is 0 Å². The summed E-state index contributed by atoms with van der Waals surface area (Å²) in [6.07, 6.45) is 5.33. The van der Waals surface area contributed by atoms with Gasteiger partial charge in [0.2, 0.25) is 0 Å². The number of amides is 1. The first-order chi connectivity index (χ1) is 12.1. The molecule has 138 valence electrons. The highest BCUT2D eigenvalue weighted by Gasteiger charge is 2.27. The van der Waals surface area contributed by atoms with Crippen LogP contribution in [0.2, 0.25) is 0 Å². The van der Waals surface area contributed by atoms with E-state index in [-0.39, 0.29) is 5.91 Å². The van der Waals surface area contributed by atoms with Crippen molar-refractivity contribution in [3.8, 4) is 11.5 Å². The summed E-state index contributed by atoms with van der Waals surface area (Å²) in [4.78, 5) is 25.6. The number of likely N-dealkylation sites (tertiary alicyclic amines) is 1. The molecule has 1 atom stereocenters. The number of carbonyl (C=O) groups is 2. The van der Waals surface area contributed by atoms with Crippen LogP contribution in [0.5, 0.6) is 11.5 Å². The van der Waals surface area contributed by atoms with Gasteiger partial charge in [0.05, 0.1) is 6.61 Å². The van der Waals surface area contributed by atoms with Crippen molar-refractivity contribution in [3.05, 3.63) is 23.8 Å². The van der Waals surface area contributed by atoms with Crippen molar-refractivity contribution < 1.29 is 24.2 Å². The van der Waals surface area contributed by atoms with E-state index in [1.54, 1.807) is 18.2 Å². The molecule has 0 radical (unpaired) electrons. The van der Waals surface area contributed by atoms with Crippen LogP contribution in [0, 0.1) is 0 Å². The van der Waals surface area contributed by atoms with Crippen molar-refractivity contribution in [1.29, 1.82) is 0 Å². The van der Waals surface area contributed by atoms with E-state index in [4.69, 9.17) is 14.6 Å². The number of ether oxygens (including phenoxy) is 2. The van der Waals surface area contributed by atoms with Gasteiger partial charge in [0, 0.05) is 18.2 Å². The van der Waals surface area contributed by atoms with E-state index in [1.165, 1.54) is 6.42 Å². The molecular formula is C19H27NO5. The van der Waals surface area contributed by atoms with E-state index >= 15 is 0 Å². The molecule has 1 heterocycles. The van der Waals surface area contributed by atoms with Crippen LogP contribution >= 0.6 is 0 Å². The second kappa shape index (κ2) is 9.30. The molecule has 25 heavy (non-hydrogen) atoms. The predicted octanol–water partition coefficient (Wildman–Crippen LogP) is 3.34. The Balaban J connectivity index is 2.20. The van der Waals surface area contributed by atoms with E-state index in [0.717, 1.165) is 32.2 Å². The van der Waals surface area contributed by atoms with Crippen LogP contribution in [-0.2, 0) is 4.79 Å². The largest absolute Gasteiger partial charge is 0.490 e. The van der Waals surface area contributed by atoms with E-state index in [9.17, 15) is 9.59 Å². The van der Waals surface area contributed by atoms with Crippen LogP contribution in [0.25, 0.3) is 0 Å². The Labute approximate surface area is 148 Å². The molecule has 6 nitrogen and oxygen atoms in total. The molecule has 1 N–H and O–H groups in total. The molecule has 2 rings (SSSR count). The Morgan fingerprint density at radius 3 is 2.68 bits per heavy atom. The van der Waals surface area contributed by atoms with Gasteiger partial charge in [-0.15, -0.1) is 0 Å². The molecule has 0 aliphatic carbocycles. The molecule has 1 amide bonds. The summed E-state index contributed by atoms with van der Waals surface area (Å²) in [6.45, 7) is 4.71. The standard InChI is InChI=1S/C19H27NO5/c1-3-7-15-8-5-6-11-20(15)19(23)14-9-10-16(25-13-18(21)22)17(12-14)24-4-2/h9-10,12,15H,3-8,11,13H2,1-2H3,(H,21,22). The fraction of sp³-hybridized carbons (Fsp3) is 0.579. The normalized spacial score (nSPS) is 17.2. The van der Waals surface area contributed by atoms with Crippen LogP contribution in [0.3, 0.4) is 0 Å². The molecule has 0 spiro atoms. The van der Waals surface area contributed by atoms with Crippen LogP contribution in [-0.4, -0.2) is 47.7 Å². The van der Waals surface area contributed by atoms with Gasteiger partial charge in [0.15, 0.2) is 18.1 Å². The first-order valence-corrected chi connectivity index (χ1v) is 8.99. The zero-order chi connectivity index (χ0) is 18.2. The van der Waals surface area contributed by atoms with E-state index in [0.29, 0.717) is 29.7 Å². The maximum Gasteiger partial charge on any atom is 0.341 e. The summed E-state index contributed by atoms with van der Waals surface area (Å²) < 4.78 is 10.8. The number of carboxylic acids is 1. The Morgan fingerprint density at radius 2 is 2.00 bits per heavy atom. The third-order valence-corrected chi connectivity index (χ3v) is 4.35. The number of carboxylic acid groups (broad SMARTS) is 1. The van der Waals surface area contributed by atoms with Crippen LogP contribution in [0.4, 0.5) is 0 Å². The summed E-state index contributed by atoms with van der Waals surface area (Å²) in [7, 11) is 0. The quantitative estimate of drug-likeness (QED) is 0.779. The van der Waals surface area contributed by atoms with Crippen LogP contribution < -0.4 is 9.47 Å². The smallest absolute Gasteiger partial charge is 0.341 e. The van der Waals surface area contributed by atoms with Crippen LogP contribution in [0.15, 0.2) is 18.2 Å². The highest BCUT2D eigenvalue weighted by Crippen LogP contribution is 2.30. The fourth-order valence-electron chi connectivity index (χ4n) is 3.24. The van der Waals surface area contributed by atoms with Gasteiger partial charge in [0.1, 0.15) is 0 Å². The first kappa shape index (κ1) is 19.1. The lowest BCUT2D eigenvalue weighted by Crippen LogP contribution is -2.43. The molecule has 1 aromatic carbocycles. The molecule has 6 heteroatoms. The number of benzene rings is 1. The van der Waals surface area contributed by atoms with Gasteiger partial charge < -0.3 is 19.5 Å². The molecule has 1 aliphatic heterocycles. The van der Waals surface area contributed by atoms with E-state index in [2.05, 4.69) is 6.92 Å². The molecule has 1 fully saturated rings. The Morgan fingerprint density at radius 1 is 1.20 bits per heavy atom. The summed E-state index contributed by atoms with van der Waals surface area (Å²) in [5, 5.41) is 8.76. The molecule has 1 aromatic rings. The minimum Gasteiger partial charge on any atom is -0.490 e. The highest BCUT2D eigenvalue weighted by molar-refractivity contribution is 5.95. The van der Waals surface area contributed by atoms with E-state index in [1.807, 2.05) is 11.8 Å². The third kappa shape index (κ3) is 5.11. The third-order valence-electron chi connectivity index (χ3n) is 4.35. The summed E-state index contributed by atoms with van der Waals surface area (Å²) in [5.41, 5.74) is 0.550. The number of hydrogen-bond acceptors (Lipinski definition) is 4. The van der Waals surface area contributed by atoms with Gasteiger partial charge in [0.25, 0.3) is 5.91 Å². The van der Waals surface area contributed by atoms with Gasteiger partial charge in [-0.25, -0.2) is 4.79 Å². The average molecular weight is 349 g/mol. The van der Waals surface area contributed by atoms with Crippen molar-refractivity contribution in [2.75, 3.05) is 19.8 Å². The number of rotatable bonds is 8. The molecule has 0 bridgehead atoms. The highest BCUT2D eigenvalue weighted by atomic mass is 16.5. The maximum absolute atomic E-state index is 13.0. The van der Waals surface area contributed by atoms with Gasteiger partial charge in [-0.05, 0) is 50.8 Å². The van der Waals surface area contributed by atoms with Crippen molar-refractivity contribution in [2.45, 2.75) is 52.0 Å². The Bertz CT molecular complexity index is 599. The number of nitrogens with zero attached hydrogens (tertiary/aromatic N) is 1. The number of hydrogen-bond donors (Lipinski definition) is 1. The molecule has 1 saturated heterocycles. The maximum atomic E-state index is 13.0. The summed E-state index contributed by atoms with van der Waals surface area (Å²) in [5.74, 6) is -0.314. The molecule has 1 aliphatic rings. The number of aliphatic carboxylic acids is 1. The van der Waals surface area contributed by atoms with Crippen LogP contribution in [0.1, 0.15) is 56.3 Å². The van der Waals surface area contributed by atoms with Gasteiger partial charge >= 0.3 is 5.97 Å². The SMILES string of the molecule is CCCC1CCCCN1C(=O)c1ccc(OCC(=O)O)c(OCC)c1. The second-order valence-electron chi connectivity index (χ2n) is 6.21. The predicted molar refractivity (Wildman–Crippen MR) is 94.3 cm³/mol. The Kier molecular flexibility index (Phi) is 7.10. The lowest BCUT2D eigenvalue weighted by Gasteiger charge is -2.36. The fourth-order valence-corrected chi connectivity index (χ4v) is 3.24.